The SMILES string of the molecule is CC(C)CNCc1ccoc1COc1ccc(F)c(Cl)c1. The molecule has 2 aromatic rings. The van der Waals surface area contributed by atoms with Crippen molar-refractivity contribution in [3.8, 4) is 5.75 Å². The molecule has 1 N–H and O–H groups in total. The average molecular weight is 312 g/mol. The molecule has 0 unspecified atom stereocenters. The van der Waals surface area contributed by atoms with Crippen LogP contribution < -0.4 is 10.1 Å². The number of hydrogen-bond donors (Lipinski definition) is 1. The Morgan fingerprint density at radius 3 is 2.86 bits per heavy atom. The van der Waals surface area contributed by atoms with E-state index in [2.05, 4.69) is 19.2 Å². The lowest BCUT2D eigenvalue weighted by atomic mass is 10.2. The molecule has 0 aliphatic heterocycles. The minimum Gasteiger partial charge on any atom is -0.486 e. The normalized spacial score (nSPS) is 11.1. The Labute approximate surface area is 129 Å². The molecular formula is C16H19ClFNO2. The number of hydrogen-bond acceptors (Lipinski definition) is 3. The predicted octanol–water partition coefficient (Wildman–Crippen LogP) is 4.40. The topological polar surface area (TPSA) is 34.4 Å². The minimum atomic E-state index is -0.458. The van der Waals surface area contributed by atoms with E-state index in [-0.39, 0.29) is 11.6 Å². The van der Waals surface area contributed by atoms with E-state index in [0.717, 1.165) is 24.4 Å². The van der Waals surface area contributed by atoms with Gasteiger partial charge in [-0.1, -0.05) is 25.4 Å². The van der Waals surface area contributed by atoms with Gasteiger partial charge in [-0.25, -0.2) is 4.39 Å². The second-order valence-corrected chi connectivity index (χ2v) is 5.67. The summed E-state index contributed by atoms with van der Waals surface area (Å²) in [7, 11) is 0. The Hall–Kier alpha value is -1.52. The Morgan fingerprint density at radius 2 is 2.14 bits per heavy atom. The molecule has 1 aromatic carbocycles. The lowest BCUT2D eigenvalue weighted by molar-refractivity contribution is 0.267. The quantitative estimate of drug-likeness (QED) is 0.823. The van der Waals surface area contributed by atoms with Crippen molar-refractivity contribution in [3.63, 3.8) is 0 Å². The summed E-state index contributed by atoms with van der Waals surface area (Å²) < 4.78 is 24.1. The highest BCUT2D eigenvalue weighted by atomic mass is 35.5. The first kappa shape index (κ1) is 15.9. The van der Waals surface area contributed by atoms with Gasteiger partial charge in [0.15, 0.2) is 0 Å². The zero-order chi connectivity index (χ0) is 15.2. The molecule has 0 atom stereocenters. The molecule has 2 rings (SSSR count). The Balaban J connectivity index is 1.91. The predicted molar refractivity (Wildman–Crippen MR) is 81.0 cm³/mol. The van der Waals surface area contributed by atoms with Crippen LogP contribution in [0, 0.1) is 11.7 Å². The van der Waals surface area contributed by atoms with E-state index in [1.165, 1.54) is 12.1 Å². The fourth-order valence-corrected chi connectivity index (χ4v) is 2.03. The van der Waals surface area contributed by atoms with Crippen LogP contribution in [0.15, 0.2) is 34.9 Å². The molecule has 0 saturated heterocycles. The molecule has 3 nitrogen and oxygen atoms in total. The maximum atomic E-state index is 13.1. The van der Waals surface area contributed by atoms with E-state index in [0.29, 0.717) is 11.7 Å². The largest absolute Gasteiger partial charge is 0.486 e. The van der Waals surface area contributed by atoms with E-state index < -0.39 is 5.82 Å². The summed E-state index contributed by atoms with van der Waals surface area (Å²) in [5.41, 5.74) is 1.06. The summed E-state index contributed by atoms with van der Waals surface area (Å²) in [6, 6.07) is 6.20. The second kappa shape index (κ2) is 7.48. The third kappa shape index (κ3) is 4.76. The molecule has 114 valence electrons. The number of rotatable bonds is 7. The highest BCUT2D eigenvalue weighted by molar-refractivity contribution is 6.30. The van der Waals surface area contributed by atoms with Gasteiger partial charge in [-0.2, -0.15) is 0 Å². The Morgan fingerprint density at radius 1 is 1.33 bits per heavy atom. The minimum absolute atomic E-state index is 0.0470. The number of benzene rings is 1. The summed E-state index contributed by atoms with van der Waals surface area (Å²) >= 11 is 5.72. The summed E-state index contributed by atoms with van der Waals surface area (Å²) in [6.07, 6.45) is 1.64. The third-order valence-corrected chi connectivity index (χ3v) is 3.26. The molecule has 1 aromatic heterocycles. The first-order chi connectivity index (χ1) is 10.1. The molecular weight excluding hydrogens is 293 g/mol. The van der Waals surface area contributed by atoms with Crippen LogP contribution in [0.25, 0.3) is 0 Å². The van der Waals surface area contributed by atoms with E-state index in [9.17, 15) is 4.39 Å². The van der Waals surface area contributed by atoms with Crippen LogP contribution in [-0.4, -0.2) is 6.54 Å². The number of nitrogens with one attached hydrogen (secondary N) is 1. The van der Waals surface area contributed by atoms with Gasteiger partial charge in [-0.3, -0.25) is 0 Å². The van der Waals surface area contributed by atoms with Gasteiger partial charge in [-0.15, -0.1) is 0 Å². The maximum Gasteiger partial charge on any atom is 0.146 e. The molecule has 0 aliphatic rings. The fourth-order valence-electron chi connectivity index (χ4n) is 1.86. The van der Waals surface area contributed by atoms with Crippen LogP contribution in [0.5, 0.6) is 5.75 Å². The van der Waals surface area contributed by atoms with Crippen molar-refractivity contribution in [1.29, 1.82) is 0 Å². The Kier molecular flexibility index (Phi) is 5.65. The zero-order valence-corrected chi connectivity index (χ0v) is 12.9. The van der Waals surface area contributed by atoms with Crippen molar-refractivity contribution in [3.05, 3.63) is 52.7 Å². The van der Waals surface area contributed by atoms with Crippen molar-refractivity contribution >= 4 is 11.6 Å². The van der Waals surface area contributed by atoms with Gasteiger partial charge in [0.05, 0.1) is 11.3 Å². The monoisotopic (exact) mass is 311 g/mol. The molecule has 21 heavy (non-hydrogen) atoms. The highest BCUT2D eigenvalue weighted by Crippen LogP contribution is 2.22. The van der Waals surface area contributed by atoms with Crippen molar-refractivity contribution in [2.24, 2.45) is 5.92 Å². The van der Waals surface area contributed by atoms with Crippen molar-refractivity contribution in [2.45, 2.75) is 27.0 Å². The number of furan rings is 1. The summed E-state index contributed by atoms with van der Waals surface area (Å²) in [4.78, 5) is 0. The van der Waals surface area contributed by atoms with Crippen LogP contribution >= 0.6 is 11.6 Å². The van der Waals surface area contributed by atoms with Crippen molar-refractivity contribution < 1.29 is 13.5 Å². The molecule has 0 fully saturated rings. The van der Waals surface area contributed by atoms with Crippen LogP contribution in [0.3, 0.4) is 0 Å². The summed E-state index contributed by atoms with van der Waals surface area (Å²) in [6.45, 7) is 6.28. The van der Waals surface area contributed by atoms with Crippen LogP contribution in [0.4, 0.5) is 4.39 Å². The molecule has 0 bridgehead atoms. The fraction of sp³-hybridized carbons (Fsp3) is 0.375. The average Bonchev–Trinajstić information content (AvgIpc) is 2.87. The van der Waals surface area contributed by atoms with E-state index in [4.69, 9.17) is 20.8 Å². The van der Waals surface area contributed by atoms with E-state index in [1.807, 2.05) is 6.07 Å². The van der Waals surface area contributed by atoms with Crippen molar-refractivity contribution in [2.75, 3.05) is 6.54 Å². The van der Waals surface area contributed by atoms with Crippen LogP contribution in [0.2, 0.25) is 5.02 Å². The molecule has 5 heteroatoms. The Bertz CT molecular complexity index is 583. The van der Waals surface area contributed by atoms with Gasteiger partial charge in [0.1, 0.15) is 23.9 Å². The number of halogens is 2. The standard InChI is InChI=1S/C16H19ClFNO2/c1-11(2)8-19-9-12-5-6-20-16(12)10-21-13-3-4-15(18)14(17)7-13/h3-7,11,19H,8-10H2,1-2H3. The molecule has 0 saturated carbocycles. The van der Waals surface area contributed by atoms with Gasteiger partial charge >= 0.3 is 0 Å². The lowest BCUT2D eigenvalue weighted by Gasteiger charge is -2.09. The van der Waals surface area contributed by atoms with Gasteiger partial charge in [-0.05, 0) is 30.7 Å². The van der Waals surface area contributed by atoms with Gasteiger partial charge < -0.3 is 14.5 Å². The van der Waals surface area contributed by atoms with Gasteiger partial charge in [0, 0.05) is 18.2 Å². The smallest absolute Gasteiger partial charge is 0.146 e. The third-order valence-electron chi connectivity index (χ3n) is 2.97. The highest BCUT2D eigenvalue weighted by Gasteiger charge is 2.08. The first-order valence-corrected chi connectivity index (χ1v) is 7.28. The molecule has 0 radical (unpaired) electrons. The van der Waals surface area contributed by atoms with E-state index in [1.54, 1.807) is 12.3 Å². The van der Waals surface area contributed by atoms with Gasteiger partial charge in [0.2, 0.25) is 0 Å². The van der Waals surface area contributed by atoms with Crippen LogP contribution in [0.1, 0.15) is 25.2 Å². The lowest BCUT2D eigenvalue weighted by Crippen LogP contribution is -2.19. The van der Waals surface area contributed by atoms with Gasteiger partial charge in [0.25, 0.3) is 0 Å². The van der Waals surface area contributed by atoms with Crippen LogP contribution in [-0.2, 0) is 13.2 Å². The zero-order valence-electron chi connectivity index (χ0n) is 12.2. The molecule has 0 aliphatic carbocycles. The first-order valence-electron chi connectivity index (χ1n) is 6.90. The second-order valence-electron chi connectivity index (χ2n) is 5.26. The summed E-state index contributed by atoms with van der Waals surface area (Å²) in [5.74, 6) is 1.41. The summed E-state index contributed by atoms with van der Waals surface area (Å²) in [5, 5.41) is 3.40. The van der Waals surface area contributed by atoms with E-state index >= 15 is 0 Å². The number of ether oxygens (including phenoxy) is 1. The maximum absolute atomic E-state index is 13.1. The molecule has 0 spiro atoms. The van der Waals surface area contributed by atoms with Crippen molar-refractivity contribution in [1.82, 2.24) is 5.32 Å². The molecule has 1 heterocycles. The molecule has 0 amide bonds.